The molecule has 1 saturated carbocycles. The largest absolute Gasteiger partial charge is 0.258 e. The predicted molar refractivity (Wildman–Crippen MR) is 75.7 cm³/mol. The molecule has 18 heavy (non-hydrogen) atoms. The summed E-state index contributed by atoms with van der Waals surface area (Å²) in [5, 5.41) is 2.31. The highest BCUT2D eigenvalue weighted by Crippen LogP contribution is 2.44. The van der Waals surface area contributed by atoms with Gasteiger partial charge in [-0.1, -0.05) is 26.0 Å². The van der Waals surface area contributed by atoms with Crippen molar-refractivity contribution >= 4 is 0 Å². The minimum absolute atomic E-state index is 0.649. The van der Waals surface area contributed by atoms with Gasteiger partial charge in [-0.3, -0.25) is 5.43 Å². The third kappa shape index (κ3) is 2.19. The van der Waals surface area contributed by atoms with Crippen LogP contribution >= 0.6 is 0 Å². The zero-order valence-corrected chi connectivity index (χ0v) is 11.8. The van der Waals surface area contributed by atoms with E-state index in [-0.39, 0.29) is 0 Å². The molecular formula is C16H24N2. The number of hydrogen-bond acceptors (Lipinski definition) is 2. The van der Waals surface area contributed by atoms with Gasteiger partial charge in [0.15, 0.2) is 0 Å². The molecule has 2 aliphatic rings. The lowest BCUT2D eigenvalue weighted by atomic mass is 9.87. The molecular weight excluding hydrogens is 220 g/mol. The number of fused-ring (bicyclic) bond motifs is 1. The molecule has 0 radical (unpaired) electrons. The summed E-state index contributed by atoms with van der Waals surface area (Å²) in [6, 6.07) is 5.01. The molecule has 0 aromatic heterocycles. The molecule has 0 bridgehead atoms. The fourth-order valence-corrected chi connectivity index (χ4v) is 3.09. The number of hydrogen-bond donors (Lipinski definition) is 1. The Morgan fingerprint density at radius 3 is 2.61 bits per heavy atom. The van der Waals surface area contributed by atoms with Gasteiger partial charge in [-0.25, -0.2) is 5.01 Å². The van der Waals surface area contributed by atoms with Gasteiger partial charge >= 0.3 is 0 Å². The van der Waals surface area contributed by atoms with E-state index in [1.807, 2.05) is 7.05 Å². The Bertz CT molecular complexity index is 447. The molecule has 1 aromatic rings. The van der Waals surface area contributed by atoms with Gasteiger partial charge in [0, 0.05) is 13.1 Å². The first-order valence-electron chi connectivity index (χ1n) is 7.27. The number of hydrazine groups is 1. The molecule has 0 spiro atoms. The quantitative estimate of drug-likeness (QED) is 0.878. The second-order valence-electron chi connectivity index (χ2n) is 6.07. The van der Waals surface area contributed by atoms with E-state index < -0.39 is 0 Å². The first kappa shape index (κ1) is 12.2. The summed E-state index contributed by atoms with van der Waals surface area (Å²) in [6.45, 7) is 6.84. The molecule has 1 aromatic carbocycles. The fraction of sp³-hybridized carbons (Fsp3) is 0.625. The Hall–Kier alpha value is -0.860. The molecule has 0 saturated heterocycles. The zero-order chi connectivity index (χ0) is 12.7. The summed E-state index contributed by atoms with van der Waals surface area (Å²) in [7, 11) is 2.02. The van der Waals surface area contributed by atoms with Crippen LogP contribution in [0.15, 0.2) is 12.1 Å². The molecule has 0 unspecified atom stereocenters. The van der Waals surface area contributed by atoms with E-state index in [0.717, 1.165) is 19.0 Å². The van der Waals surface area contributed by atoms with Gasteiger partial charge < -0.3 is 0 Å². The molecule has 1 heterocycles. The second-order valence-corrected chi connectivity index (χ2v) is 6.07. The van der Waals surface area contributed by atoms with Crippen LogP contribution in [0.2, 0.25) is 0 Å². The number of nitrogens with zero attached hydrogens (tertiary/aromatic N) is 1. The average molecular weight is 244 g/mol. The van der Waals surface area contributed by atoms with Gasteiger partial charge in [-0.15, -0.1) is 0 Å². The van der Waals surface area contributed by atoms with Gasteiger partial charge in [-0.2, -0.15) is 0 Å². The first-order chi connectivity index (χ1) is 8.69. The van der Waals surface area contributed by atoms with Crippen molar-refractivity contribution in [3.8, 4) is 0 Å². The summed E-state index contributed by atoms with van der Waals surface area (Å²) in [4.78, 5) is 0. The molecule has 0 atom stereocenters. The maximum absolute atomic E-state index is 3.28. The molecule has 1 N–H and O–H groups in total. The number of rotatable bonds is 3. The van der Waals surface area contributed by atoms with Crippen LogP contribution in [0.25, 0.3) is 0 Å². The topological polar surface area (TPSA) is 15.3 Å². The van der Waals surface area contributed by atoms with Crippen LogP contribution in [0.1, 0.15) is 60.8 Å². The first-order valence-corrected chi connectivity index (χ1v) is 7.27. The van der Waals surface area contributed by atoms with Gasteiger partial charge in [0.2, 0.25) is 0 Å². The highest BCUT2D eigenvalue weighted by Gasteiger charge is 2.28. The van der Waals surface area contributed by atoms with Crippen molar-refractivity contribution in [1.82, 2.24) is 10.4 Å². The van der Waals surface area contributed by atoms with E-state index in [4.69, 9.17) is 0 Å². The van der Waals surface area contributed by atoms with E-state index >= 15 is 0 Å². The Morgan fingerprint density at radius 1 is 1.22 bits per heavy atom. The average Bonchev–Trinajstić information content (AvgIpc) is 3.20. The summed E-state index contributed by atoms with van der Waals surface area (Å²) in [6.07, 6.45) is 4.00. The standard InChI is InChI=1S/C16H24N2/c1-11(2)15-9-14-10-18(17-3)7-6-13(14)8-16(15)12-4-5-12/h8-9,11-12,17H,4-7,10H2,1-3H3. The third-order valence-electron chi connectivity index (χ3n) is 4.37. The van der Waals surface area contributed by atoms with Crippen LogP contribution in [-0.4, -0.2) is 18.6 Å². The molecule has 3 rings (SSSR count). The van der Waals surface area contributed by atoms with Crippen LogP contribution in [-0.2, 0) is 13.0 Å². The Balaban J connectivity index is 1.99. The van der Waals surface area contributed by atoms with Crippen molar-refractivity contribution in [2.75, 3.05) is 13.6 Å². The molecule has 1 fully saturated rings. The van der Waals surface area contributed by atoms with Crippen molar-refractivity contribution in [3.63, 3.8) is 0 Å². The van der Waals surface area contributed by atoms with Crippen molar-refractivity contribution in [2.45, 2.75) is 51.5 Å². The van der Waals surface area contributed by atoms with Gasteiger partial charge in [-0.05, 0) is 60.4 Å². The van der Waals surface area contributed by atoms with Gasteiger partial charge in [0.05, 0.1) is 0 Å². The summed E-state index contributed by atoms with van der Waals surface area (Å²) < 4.78 is 0. The van der Waals surface area contributed by atoms with Crippen LogP contribution < -0.4 is 5.43 Å². The van der Waals surface area contributed by atoms with Crippen LogP contribution in [0.5, 0.6) is 0 Å². The van der Waals surface area contributed by atoms with Gasteiger partial charge in [0.25, 0.3) is 0 Å². The molecule has 1 aliphatic carbocycles. The van der Waals surface area contributed by atoms with Crippen molar-refractivity contribution in [1.29, 1.82) is 0 Å². The van der Waals surface area contributed by atoms with Crippen molar-refractivity contribution in [3.05, 3.63) is 34.4 Å². The van der Waals surface area contributed by atoms with E-state index in [9.17, 15) is 0 Å². The predicted octanol–water partition coefficient (Wildman–Crippen LogP) is 3.18. The fourth-order valence-electron chi connectivity index (χ4n) is 3.09. The van der Waals surface area contributed by atoms with E-state index in [0.29, 0.717) is 5.92 Å². The summed E-state index contributed by atoms with van der Waals surface area (Å²) in [5.41, 5.74) is 9.64. The van der Waals surface area contributed by atoms with E-state index in [1.165, 1.54) is 24.8 Å². The lowest BCUT2D eigenvalue weighted by Crippen LogP contribution is -2.39. The summed E-state index contributed by atoms with van der Waals surface area (Å²) in [5.74, 6) is 1.52. The van der Waals surface area contributed by atoms with Crippen molar-refractivity contribution < 1.29 is 0 Å². The molecule has 2 heteroatoms. The Labute approximate surface area is 110 Å². The molecule has 98 valence electrons. The van der Waals surface area contributed by atoms with Gasteiger partial charge in [0.1, 0.15) is 0 Å². The Kier molecular flexibility index (Phi) is 3.16. The summed E-state index contributed by atoms with van der Waals surface area (Å²) >= 11 is 0. The lowest BCUT2D eigenvalue weighted by Gasteiger charge is -2.29. The highest BCUT2D eigenvalue weighted by molar-refractivity contribution is 5.44. The second kappa shape index (κ2) is 4.67. The maximum Gasteiger partial charge on any atom is 0.0384 e. The zero-order valence-electron chi connectivity index (χ0n) is 11.8. The van der Waals surface area contributed by atoms with E-state index in [2.05, 4.69) is 36.4 Å². The number of benzene rings is 1. The van der Waals surface area contributed by atoms with Crippen molar-refractivity contribution in [2.24, 2.45) is 0 Å². The molecule has 2 nitrogen and oxygen atoms in total. The lowest BCUT2D eigenvalue weighted by molar-refractivity contribution is 0.189. The smallest absolute Gasteiger partial charge is 0.0384 e. The third-order valence-corrected chi connectivity index (χ3v) is 4.37. The van der Waals surface area contributed by atoms with Crippen LogP contribution in [0.4, 0.5) is 0 Å². The molecule has 0 amide bonds. The maximum atomic E-state index is 3.28. The van der Waals surface area contributed by atoms with Crippen LogP contribution in [0.3, 0.4) is 0 Å². The highest BCUT2D eigenvalue weighted by atomic mass is 15.5. The number of nitrogens with one attached hydrogen (secondary N) is 1. The normalized spacial score (nSPS) is 20.2. The Morgan fingerprint density at radius 2 is 2.00 bits per heavy atom. The monoisotopic (exact) mass is 244 g/mol. The molecule has 1 aliphatic heterocycles. The van der Waals surface area contributed by atoms with E-state index in [1.54, 1.807) is 16.7 Å². The van der Waals surface area contributed by atoms with Crippen LogP contribution in [0, 0.1) is 0 Å². The minimum atomic E-state index is 0.649. The SMILES string of the molecule is CNN1CCc2cc(C3CC3)c(C(C)C)cc2C1. The minimum Gasteiger partial charge on any atom is -0.258 e.